The van der Waals surface area contributed by atoms with Crippen LogP contribution in [-0.4, -0.2) is 24.4 Å². The maximum absolute atomic E-state index is 9.82. The van der Waals surface area contributed by atoms with Gasteiger partial charge in [-0.15, -0.1) is 0 Å². The van der Waals surface area contributed by atoms with Crippen molar-refractivity contribution in [2.24, 2.45) is 5.73 Å². The van der Waals surface area contributed by atoms with Gasteiger partial charge >= 0.3 is 0 Å². The van der Waals surface area contributed by atoms with Crippen LogP contribution in [0.25, 0.3) is 0 Å². The zero-order chi connectivity index (χ0) is 15.8. The fraction of sp³-hybridized carbons (Fsp3) is 0.667. The van der Waals surface area contributed by atoms with Crippen LogP contribution in [-0.2, 0) is 0 Å². The molecule has 21 heavy (non-hydrogen) atoms. The summed E-state index contributed by atoms with van der Waals surface area (Å²) in [6.07, 6.45) is 2.32. The Balaban J connectivity index is 2.99. The van der Waals surface area contributed by atoms with Gasteiger partial charge in [0.25, 0.3) is 0 Å². The van der Waals surface area contributed by atoms with Gasteiger partial charge in [0.2, 0.25) is 0 Å². The van der Waals surface area contributed by atoms with Gasteiger partial charge in [0.05, 0.1) is 12.7 Å². The van der Waals surface area contributed by atoms with Crippen LogP contribution in [0.5, 0.6) is 5.75 Å². The Morgan fingerprint density at radius 1 is 1.24 bits per heavy atom. The first-order chi connectivity index (χ1) is 10.0. The molecule has 0 fully saturated rings. The molecular formula is C18H31NO2. The highest BCUT2D eigenvalue weighted by Crippen LogP contribution is 2.33. The van der Waals surface area contributed by atoms with E-state index in [1.165, 1.54) is 11.1 Å². The minimum atomic E-state index is -0.423. The first kappa shape index (κ1) is 18.0. The van der Waals surface area contributed by atoms with E-state index in [9.17, 15) is 5.11 Å². The smallest absolute Gasteiger partial charge is 0.122 e. The van der Waals surface area contributed by atoms with Crippen molar-refractivity contribution in [1.82, 2.24) is 0 Å². The monoisotopic (exact) mass is 293 g/mol. The minimum Gasteiger partial charge on any atom is -0.493 e. The molecule has 2 atom stereocenters. The Bertz CT molecular complexity index is 418. The van der Waals surface area contributed by atoms with Crippen molar-refractivity contribution in [1.29, 1.82) is 0 Å². The van der Waals surface area contributed by atoms with Gasteiger partial charge in [0, 0.05) is 6.54 Å². The fourth-order valence-electron chi connectivity index (χ4n) is 2.58. The first-order valence-electron chi connectivity index (χ1n) is 8.18. The molecule has 1 aromatic rings. The van der Waals surface area contributed by atoms with E-state index in [2.05, 4.69) is 45.9 Å². The first-order valence-corrected chi connectivity index (χ1v) is 8.18. The summed E-state index contributed by atoms with van der Waals surface area (Å²) in [4.78, 5) is 0. The van der Waals surface area contributed by atoms with Gasteiger partial charge in [0.1, 0.15) is 5.75 Å². The predicted octanol–water partition coefficient (Wildman–Crippen LogP) is 3.80. The van der Waals surface area contributed by atoms with Crippen LogP contribution < -0.4 is 10.5 Å². The fourth-order valence-corrected chi connectivity index (χ4v) is 2.58. The summed E-state index contributed by atoms with van der Waals surface area (Å²) in [7, 11) is 0. The standard InChI is InChI=1S/C18H31NO2/c1-5-9-21-18-8-7-15(11-17(18)13(3)4)14(6-2)10-16(20)12-19/h7-8,11,13-14,16,20H,5-6,9-10,12,19H2,1-4H3. The Morgan fingerprint density at radius 3 is 2.48 bits per heavy atom. The number of hydrogen-bond acceptors (Lipinski definition) is 3. The van der Waals surface area contributed by atoms with Gasteiger partial charge in [-0.05, 0) is 48.3 Å². The number of aliphatic hydroxyl groups excluding tert-OH is 1. The number of rotatable bonds is 9. The molecule has 0 heterocycles. The van der Waals surface area contributed by atoms with Crippen LogP contribution >= 0.6 is 0 Å². The Morgan fingerprint density at radius 2 is 1.95 bits per heavy atom. The van der Waals surface area contributed by atoms with E-state index in [0.29, 0.717) is 18.4 Å². The van der Waals surface area contributed by atoms with Crippen molar-refractivity contribution in [3.8, 4) is 5.75 Å². The zero-order valence-corrected chi connectivity index (χ0v) is 13.9. The molecule has 0 saturated heterocycles. The van der Waals surface area contributed by atoms with E-state index in [-0.39, 0.29) is 0 Å². The van der Waals surface area contributed by atoms with Crippen LogP contribution in [0.3, 0.4) is 0 Å². The summed E-state index contributed by atoms with van der Waals surface area (Å²) in [5.41, 5.74) is 8.07. The van der Waals surface area contributed by atoms with Gasteiger partial charge in [0.15, 0.2) is 0 Å². The lowest BCUT2D eigenvalue weighted by molar-refractivity contribution is 0.162. The second-order valence-electron chi connectivity index (χ2n) is 6.03. The molecule has 3 nitrogen and oxygen atoms in total. The van der Waals surface area contributed by atoms with Gasteiger partial charge in [-0.1, -0.05) is 39.8 Å². The Hall–Kier alpha value is -1.06. The molecule has 3 N–H and O–H groups in total. The van der Waals surface area contributed by atoms with Gasteiger partial charge < -0.3 is 15.6 Å². The van der Waals surface area contributed by atoms with Crippen molar-refractivity contribution in [3.05, 3.63) is 29.3 Å². The molecule has 1 rings (SSSR count). The number of benzene rings is 1. The molecule has 0 aliphatic rings. The summed E-state index contributed by atoms with van der Waals surface area (Å²) < 4.78 is 5.85. The second kappa shape index (κ2) is 9.06. The van der Waals surface area contributed by atoms with E-state index < -0.39 is 6.10 Å². The summed E-state index contributed by atoms with van der Waals surface area (Å²) >= 11 is 0. The molecule has 120 valence electrons. The van der Waals surface area contributed by atoms with Crippen LogP contribution in [0.2, 0.25) is 0 Å². The van der Waals surface area contributed by atoms with Gasteiger partial charge in [-0.25, -0.2) is 0 Å². The van der Waals surface area contributed by atoms with Crippen LogP contribution in [0, 0.1) is 0 Å². The number of nitrogens with two attached hydrogens (primary N) is 1. The molecule has 0 amide bonds. The molecule has 0 saturated carbocycles. The average Bonchev–Trinajstić information content (AvgIpc) is 2.50. The number of hydrogen-bond donors (Lipinski definition) is 2. The zero-order valence-electron chi connectivity index (χ0n) is 13.9. The third-order valence-electron chi connectivity index (χ3n) is 3.91. The van der Waals surface area contributed by atoms with Gasteiger partial charge in [-0.3, -0.25) is 0 Å². The molecule has 2 unspecified atom stereocenters. The van der Waals surface area contributed by atoms with Crippen LogP contribution in [0.4, 0.5) is 0 Å². The molecule has 0 aliphatic heterocycles. The third-order valence-corrected chi connectivity index (χ3v) is 3.91. The molecule has 0 spiro atoms. The molecule has 0 aromatic heterocycles. The third kappa shape index (κ3) is 5.33. The van der Waals surface area contributed by atoms with Crippen molar-refractivity contribution < 1.29 is 9.84 Å². The number of aliphatic hydroxyl groups is 1. The molecule has 3 heteroatoms. The lowest BCUT2D eigenvalue weighted by Gasteiger charge is -2.21. The molecular weight excluding hydrogens is 262 g/mol. The summed E-state index contributed by atoms with van der Waals surface area (Å²) in [5.74, 6) is 1.76. The maximum atomic E-state index is 9.82. The second-order valence-corrected chi connectivity index (χ2v) is 6.03. The number of ether oxygens (including phenoxy) is 1. The highest BCUT2D eigenvalue weighted by atomic mass is 16.5. The average molecular weight is 293 g/mol. The Kier molecular flexibility index (Phi) is 7.76. The minimum absolute atomic E-state index is 0.325. The van der Waals surface area contributed by atoms with Crippen molar-refractivity contribution in [2.75, 3.05) is 13.2 Å². The lowest BCUT2D eigenvalue weighted by atomic mass is 9.88. The van der Waals surface area contributed by atoms with E-state index >= 15 is 0 Å². The topological polar surface area (TPSA) is 55.5 Å². The van der Waals surface area contributed by atoms with E-state index in [4.69, 9.17) is 10.5 Å². The van der Waals surface area contributed by atoms with Gasteiger partial charge in [-0.2, -0.15) is 0 Å². The van der Waals surface area contributed by atoms with E-state index in [1.807, 2.05) is 0 Å². The van der Waals surface area contributed by atoms with Crippen LogP contribution in [0.1, 0.15) is 69.9 Å². The predicted molar refractivity (Wildman–Crippen MR) is 89.0 cm³/mol. The lowest BCUT2D eigenvalue weighted by Crippen LogP contribution is -2.22. The Labute approximate surface area is 129 Å². The highest BCUT2D eigenvalue weighted by Gasteiger charge is 2.17. The highest BCUT2D eigenvalue weighted by molar-refractivity contribution is 5.40. The molecule has 1 aromatic carbocycles. The van der Waals surface area contributed by atoms with E-state index in [1.54, 1.807) is 0 Å². The summed E-state index contributed by atoms with van der Waals surface area (Å²) in [5, 5.41) is 9.82. The van der Waals surface area contributed by atoms with Crippen molar-refractivity contribution in [3.63, 3.8) is 0 Å². The quantitative estimate of drug-likeness (QED) is 0.728. The SMILES string of the molecule is CCCOc1ccc(C(CC)CC(O)CN)cc1C(C)C. The molecule has 0 bridgehead atoms. The van der Waals surface area contributed by atoms with Crippen molar-refractivity contribution in [2.45, 2.75) is 64.9 Å². The van der Waals surface area contributed by atoms with E-state index in [0.717, 1.165) is 31.6 Å². The largest absolute Gasteiger partial charge is 0.493 e. The van der Waals surface area contributed by atoms with Crippen LogP contribution in [0.15, 0.2) is 18.2 Å². The summed E-state index contributed by atoms with van der Waals surface area (Å²) in [6, 6.07) is 6.46. The van der Waals surface area contributed by atoms with Crippen molar-refractivity contribution >= 4 is 0 Å². The normalized spacial score (nSPS) is 14.2. The molecule has 0 aliphatic carbocycles. The molecule has 0 radical (unpaired) electrons. The maximum Gasteiger partial charge on any atom is 0.122 e. The summed E-state index contributed by atoms with van der Waals surface area (Å²) in [6.45, 7) is 9.73.